The molecule has 0 heterocycles. The summed E-state index contributed by atoms with van der Waals surface area (Å²) in [6, 6.07) is 17.9. The second-order valence-electron chi connectivity index (χ2n) is 5.74. The molecule has 112 valence electrons. The fourth-order valence-electron chi connectivity index (χ4n) is 2.42. The molecule has 0 aromatic heterocycles. The zero-order chi connectivity index (χ0) is 15.2. The smallest absolute Gasteiger partial charge is 0.0361 e. The van der Waals surface area contributed by atoms with E-state index < -0.39 is 0 Å². The van der Waals surface area contributed by atoms with Crippen LogP contribution in [0, 0.1) is 0 Å². The number of rotatable bonds is 6. The van der Waals surface area contributed by atoms with E-state index in [2.05, 4.69) is 86.7 Å². The number of hydrogen-bond acceptors (Lipinski definition) is 2. The van der Waals surface area contributed by atoms with Gasteiger partial charge < -0.3 is 10.2 Å². The zero-order valence-electron chi connectivity index (χ0n) is 13.6. The predicted molar refractivity (Wildman–Crippen MR) is 92.9 cm³/mol. The van der Waals surface area contributed by atoms with Gasteiger partial charge in [0.1, 0.15) is 0 Å². The molecule has 2 aromatic carbocycles. The third-order valence-corrected chi connectivity index (χ3v) is 3.80. The van der Waals surface area contributed by atoms with Crippen molar-refractivity contribution in [3.05, 3.63) is 54.1 Å². The Labute approximate surface area is 128 Å². The van der Waals surface area contributed by atoms with Crippen LogP contribution in [0.5, 0.6) is 0 Å². The van der Waals surface area contributed by atoms with Crippen molar-refractivity contribution in [2.75, 3.05) is 25.5 Å². The Morgan fingerprint density at radius 2 is 1.71 bits per heavy atom. The van der Waals surface area contributed by atoms with Crippen molar-refractivity contribution in [2.45, 2.75) is 26.3 Å². The maximum Gasteiger partial charge on any atom is 0.0361 e. The Kier molecular flexibility index (Phi) is 5.40. The van der Waals surface area contributed by atoms with E-state index in [1.54, 1.807) is 0 Å². The molecule has 2 aromatic rings. The first-order valence-corrected chi connectivity index (χ1v) is 7.73. The van der Waals surface area contributed by atoms with Gasteiger partial charge in [0, 0.05) is 25.8 Å². The summed E-state index contributed by atoms with van der Waals surface area (Å²) in [5.74, 6) is 0. The lowest BCUT2D eigenvalue weighted by atomic mass is 10.00. The van der Waals surface area contributed by atoms with E-state index in [-0.39, 0.29) is 0 Å². The molecule has 2 heteroatoms. The molecule has 1 atom stereocenters. The highest BCUT2D eigenvalue weighted by atomic mass is 15.1. The summed E-state index contributed by atoms with van der Waals surface area (Å²) in [6.45, 7) is 5.48. The standard InChI is InChI=1S/C19H26N2/c1-5-13-20-15(2)17-7-6-8-18(14-17)16-9-11-19(12-10-16)21(3)4/h6-12,14-15,20H,5,13H2,1-4H3. The number of hydrogen-bond donors (Lipinski definition) is 1. The zero-order valence-corrected chi connectivity index (χ0v) is 13.6. The lowest BCUT2D eigenvalue weighted by molar-refractivity contribution is 0.571. The van der Waals surface area contributed by atoms with Crippen molar-refractivity contribution in [3.8, 4) is 11.1 Å². The molecular formula is C19H26N2. The SMILES string of the molecule is CCCNC(C)c1cccc(-c2ccc(N(C)C)cc2)c1. The van der Waals surface area contributed by atoms with Gasteiger partial charge in [0.2, 0.25) is 0 Å². The lowest BCUT2D eigenvalue weighted by Gasteiger charge is -2.16. The lowest BCUT2D eigenvalue weighted by Crippen LogP contribution is -2.19. The van der Waals surface area contributed by atoms with Gasteiger partial charge in [-0.15, -0.1) is 0 Å². The quantitative estimate of drug-likeness (QED) is 0.840. The molecule has 0 bridgehead atoms. The van der Waals surface area contributed by atoms with E-state index in [1.807, 2.05) is 0 Å². The van der Waals surface area contributed by atoms with Crippen LogP contribution in [0.3, 0.4) is 0 Å². The molecule has 0 amide bonds. The Hall–Kier alpha value is -1.80. The van der Waals surface area contributed by atoms with Crippen LogP contribution in [-0.4, -0.2) is 20.6 Å². The van der Waals surface area contributed by atoms with Crippen molar-refractivity contribution < 1.29 is 0 Å². The maximum absolute atomic E-state index is 3.54. The van der Waals surface area contributed by atoms with E-state index >= 15 is 0 Å². The van der Waals surface area contributed by atoms with Gasteiger partial charge >= 0.3 is 0 Å². The highest BCUT2D eigenvalue weighted by Gasteiger charge is 2.06. The van der Waals surface area contributed by atoms with E-state index in [9.17, 15) is 0 Å². The van der Waals surface area contributed by atoms with Gasteiger partial charge in [-0.25, -0.2) is 0 Å². The molecular weight excluding hydrogens is 256 g/mol. The normalized spacial score (nSPS) is 12.2. The molecule has 2 rings (SSSR count). The molecule has 2 nitrogen and oxygen atoms in total. The Morgan fingerprint density at radius 3 is 2.33 bits per heavy atom. The van der Waals surface area contributed by atoms with Crippen molar-refractivity contribution in [1.29, 1.82) is 0 Å². The first-order chi connectivity index (χ1) is 10.1. The molecule has 0 radical (unpaired) electrons. The van der Waals surface area contributed by atoms with Gasteiger partial charge in [-0.2, -0.15) is 0 Å². The molecule has 0 saturated heterocycles. The molecule has 0 aliphatic carbocycles. The molecule has 0 aliphatic heterocycles. The summed E-state index contributed by atoms with van der Waals surface area (Å²) in [5.41, 5.74) is 5.12. The second kappa shape index (κ2) is 7.28. The largest absolute Gasteiger partial charge is 0.378 e. The Balaban J connectivity index is 2.20. The summed E-state index contributed by atoms with van der Waals surface area (Å²) >= 11 is 0. The minimum Gasteiger partial charge on any atom is -0.378 e. The molecule has 21 heavy (non-hydrogen) atoms. The summed E-state index contributed by atoms with van der Waals surface area (Å²) in [7, 11) is 4.13. The van der Waals surface area contributed by atoms with Gasteiger partial charge in [-0.05, 0) is 54.8 Å². The third kappa shape index (κ3) is 4.08. The van der Waals surface area contributed by atoms with Gasteiger partial charge in [-0.3, -0.25) is 0 Å². The summed E-state index contributed by atoms with van der Waals surface area (Å²) in [6.07, 6.45) is 1.16. The predicted octanol–water partition coefficient (Wildman–Crippen LogP) is 4.48. The second-order valence-corrected chi connectivity index (χ2v) is 5.74. The number of nitrogens with zero attached hydrogens (tertiary/aromatic N) is 1. The van der Waals surface area contributed by atoms with Crippen LogP contribution in [0.1, 0.15) is 31.9 Å². The van der Waals surface area contributed by atoms with E-state index in [0.717, 1.165) is 13.0 Å². The van der Waals surface area contributed by atoms with Gasteiger partial charge in [0.25, 0.3) is 0 Å². The van der Waals surface area contributed by atoms with E-state index in [0.29, 0.717) is 6.04 Å². The monoisotopic (exact) mass is 282 g/mol. The van der Waals surface area contributed by atoms with Crippen molar-refractivity contribution >= 4 is 5.69 Å². The topological polar surface area (TPSA) is 15.3 Å². The van der Waals surface area contributed by atoms with Crippen LogP contribution in [0.2, 0.25) is 0 Å². The first kappa shape index (κ1) is 15.6. The fourth-order valence-corrected chi connectivity index (χ4v) is 2.42. The van der Waals surface area contributed by atoms with Crippen LogP contribution in [0.15, 0.2) is 48.5 Å². The average molecular weight is 282 g/mol. The third-order valence-electron chi connectivity index (χ3n) is 3.80. The van der Waals surface area contributed by atoms with Crippen LogP contribution in [0.4, 0.5) is 5.69 Å². The minimum atomic E-state index is 0.394. The number of anilines is 1. The molecule has 0 saturated carbocycles. The van der Waals surface area contributed by atoms with Crippen LogP contribution < -0.4 is 10.2 Å². The highest BCUT2D eigenvalue weighted by Crippen LogP contribution is 2.25. The average Bonchev–Trinajstić information content (AvgIpc) is 2.52. The Morgan fingerprint density at radius 1 is 1.00 bits per heavy atom. The summed E-state index contributed by atoms with van der Waals surface area (Å²) in [4.78, 5) is 2.12. The van der Waals surface area contributed by atoms with Crippen LogP contribution in [-0.2, 0) is 0 Å². The number of benzene rings is 2. The molecule has 1 unspecified atom stereocenters. The van der Waals surface area contributed by atoms with Crippen LogP contribution in [0.25, 0.3) is 11.1 Å². The van der Waals surface area contributed by atoms with Crippen LogP contribution >= 0.6 is 0 Å². The van der Waals surface area contributed by atoms with Crippen molar-refractivity contribution in [1.82, 2.24) is 5.32 Å². The van der Waals surface area contributed by atoms with Gasteiger partial charge in [-0.1, -0.05) is 37.3 Å². The van der Waals surface area contributed by atoms with Crippen molar-refractivity contribution in [2.24, 2.45) is 0 Å². The molecule has 1 N–H and O–H groups in total. The Bertz CT molecular complexity index is 558. The van der Waals surface area contributed by atoms with Crippen molar-refractivity contribution in [3.63, 3.8) is 0 Å². The highest BCUT2D eigenvalue weighted by molar-refractivity contribution is 5.67. The molecule has 0 fully saturated rings. The summed E-state index contributed by atoms with van der Waals surface area (Å²) in [5, 5.41) is 3.54. The number of nitrogens with one attached hydrogen (secondary N) is 1. The van der Waals surface area contributed by atoms with Gasteiger partial charge in [0.05, 0.1) is 0 Å². The summed E-state index contributed by atoms with van der Waals surface area (Å²) < 4.78 is 0. The first-order valence-electron chi connectivity index (χ1n) is 7.73. The fraction of sp³-hybridized carbons (Fsp3) is 0.368. The minimum absolute atomic E-state index is 0.394. The maximum atomic E-state index is 3.54. The van der Waals surface area contributed by atoms with Gasteiger partial charge in [0.15, 0.2) is 0 Å². The van der Waals surface area contributed by atoms with E-state index in [4.69, 9.17) is 0 Å². The molecule has 0 spiro atoms. The molecule has 0 aliphatic rings. The van der Waals surface area contributed by atoms with E-state index in [1.165, 1.54) is 22.4 Å².